The number of thiophene rings is 1. The number of benzene rings is 1. The second-order valence-corrected chi connectivity index (χ2v) is 4.68. The first-order chi connectivity index (χ1) is 6.61. The number of fused-ring (bicyclic) bond motifs is 1. The first-order valence-electron chi connectivity index (χ1n) is 3.69. The van der Waals surface area contributed by atoms with Crippen LogP contribution in [0.1, 0.15) is 10.4 Å². The second-order valence-electron chi connectivity index (χ2n) is 2.69. The van der Waals surface area contributed by atoms with Crippen molar-refractivity contribution < 1.29 is 14.3 Å². The Bertz CT molecular complexity index is 521. The third-order valence-electron chi connectivity index (χ3n) is 1.87. The largest absolute Gasteiger partial charge is 0.478 e. The number of carboxylic acids is 1. The molecular formula is C9H4FIO2S. The average molecular weight is 322 g/mol. The molecule has 0 radical (unpaired) electrons. The summed E-state index contributed by atoms with van der Waals surface area (Å²) in [6, 6.07) is 2.77. The van der Waals surface area contributed by atoms with Crippen molar-refractivity contribution in [2.45, 2.75) is 0 Å². The maximum atomic E-state index is 13.3. The molecular weight excluding hydrogens is 318 g/mol. The van der Waals surface area contributed by atoms with Crippen LogP contribution in [0.3, 0.4) is 0 Å². The highest BCUT2D eigenvalue weighted by atomic mass is 127. The van der Waals surface area contributed by atoms with Gasteiger partial charge in [-0.25, -0.2) is 9.18 Å². The molecule has 0 fully saturated rings. The molecule has 1 aromatic heterocycles. The number of carboxylic acid groups (broad SMARTS) is 1. The lowest BCUT2D eigenvalue weighted by Crippen LogP contribution is -1.98. The summed E-state index contributed by atoms with van der Waals surface area (Å²) in [6.07, 6.45) is 0. The SMILES string of the molecule is O=C(O)c1cc(F)c(I)c2sccc12. The van der Waals surface area contributed by atoms with Gasteiger partial charge in [-0.3, -0.25) is 0 Å². The van der Waals surface area contributed by atoms with Gasteiger partial charge in [-0.2, -0.15) is 0 Å². The van der Waals surface area contributed by atoms with E-state index in [1.165, 1.54) is 11.3 Å². The summed E-state index contributed by atoms with van der Waals surface area (Å²) < 4.78 is 14.5. The van der Waals surface area contributed by atoms with Crippen molar-refractivity contribution >= 4 is 50.0 Å². The Morgan fingerprint density at radius 2 is 2.29 bits per heavy atom. The predicted molar refractivity (Wildman–Crippen MR) is 61.5 cm³/mol. The van der Waals surface area contributed by atoms with Crippen molar-refractivity contribution in [3.05, 3.63) is 32.5 Å². The van der Waals surface area contributed by atoms with Gasteiger partial charge < -0.3 is 5.11 Å². The van der Waals surface area contributed by atoms with Crippen LogP contribution in [-0.4, -0.2) is 11.1 Å². The summed E-state index contributed by atoms with van der Waals surface area (Å²) in [5.41, 5.74) is 0.0270. The van der Waals surface area contributed by atoms with Crippen molar-refractivity contribution in [2.75, 3.05) is 0 Å². The van der Waals surface area contributed by atoms with Crippen LogP contribution in [0.4, 0.5) is 4.39 Å². The summed E-state index contributed by atoms with van der Waals surface area (Å²) in [7, 11) is 0. The lowest BCUT2D eigenvalue weighted by molar-refractivity contribution is 0.0698. The quantitative estimate of drug-likeness (QED) is 0.818. The van der Waals surface area contributed by atoms with Gasteiger partial charge in [0, 0.05) is 5.39 Å². The molecule has 0 saturated carbocycles. The van der Waals surface area contributed by atoms with Crippen LogP contribution in [-0.2, 0) is 0 Å². The lowest BCUT2D eigenvalue weighted by atomic mass is 10.1. The fraction of sp³-hybridized carbons (Fsp3) is 0. The van der Waals surface area contributed by atoms with Crippen LogP contribution in [0, 0.1) is 9.39 Å². The molecule has 0 spiro atoms. The normalized spacial score (nSPS) is 10.7. The Balaban J connectivity index is 2.91. The molecule has 0 amide bonds. The topological polar surface area (TPSA) is 37.3 Å². The van der Waals surface area contributed by atoms with Crippen LogP contribution < -0.4 is 0 Å². The van der Waals surface area contributed by atoms with Crippen molar-refractivity contribution in [2.24, 2.45) is 0 Å². The zero-order valence-electron chi connectivity index (χ0n) is 6.75. The summed E-state index contributed by atoms with van der Waals surface area (Å²) >= 11 is 3.23. The third kappa shape index (κ3) is 1.40. The van der Waals surface area contributed by atoms with Crippen molar-refractivity contribution in [3.8, 4) is 0 Å². The van der Waals surface area contributed by atoms with Gasteiger partial charge in [-0.05, 0) is 40.1 Å². The molecule has 72 valence electrons. The van der Waals surface area contributed by atoms with Crippen molar-refractivity contribution in [1.29, 1.82) is 0 Å². The summed E-state index contributed by atoms with van der Waals surface area (Å²) in [5, 5.41) is 11.2. The van der Waals surface area contributed by atoms with Gasteiger partial charge in [-0.15, -0.1) is 11.3 Å². The van der Waals surface area contributed by atoms with Gasteiger partial charge in [0.05, 0.1) is 13.8 Å². The van der Waals surface area contributed by atoms with Crippen molar-refractivity contribution in [1.82, 2.24) is 0 Å². The molecule has 0 bridgehead atoms. The van der Waals surface area contributed by atoms with E-state index in [0.29, 0.717) is 13.7 Å². The Hall–Kier alpha value is -0.690. The highest BCUT2D eigenvalue weighted by molar-refractivity contribution is 14.1. The number of aromatic carboxylic acids is 1. The van der Waals surface area contributed by atoms with E-state index in [2.05, 4.69) is 0 Å². The first kappa shape index (κ1) is 9.85. The zero-order chi connectivity index (χ0) is 10.3. The van der Waals surface area contributed by atoms with Gasteiger partial charge in [-0.1, -0.05) is 0 Å². The molecule has 0 saturated heterocycles. The summed E-state index contributed by atoms with van der Waals surface area (Å²) in [6.45, 7) is 0. The smallest absolute Gasteiger partial charge is 0.336 e. The zero-order valence-corrected chi connectivity index (χ0v) is 9.73. The third-order valence-corrected chi connectivity index (χ3v) is 4.22. The Kier molecular flexibility index (Phi) is 2.44. The standard InChI is InChI=1S/C9H4FIO2S/c10-6-3-5(9(12)13)4-1-2-14-8(4)7(6)11/h1-3H,(H,12,13). The number of rotatable bonds is 1. The minimum atomic E-state index is -1.09. The van der Waals surface area contributed by atoms with Crippen LogP contribution in [0.2, 0.25) is 0 Å². The maximum absolute atomic E-state index is 13.3. The molecule has 0 aliphatic heterocycles. The van der Waals surface area contributed by atoms with E-state index in [1.54, 1.807) is 11.4 Å². The molecule has 2 nitrogen and oxygen atoms in total. The van der Waals surface area contributed by atoms with Crippen LogP contribution >= 0.6 is 33.9 Å². The second kappa shape index (κ2) is 3.47. The van der Waals surface area contributed by atoms with E-state index in [0.717, 1.165) is 6.07 Å². The van der Waals surface area contributed by atoms with Gasteiger partial charge >= 0.3 is 5.97 Å². The Labute approximate surface area is 96.5 Å². The van der Waals surface area contributed by atoms with Crippen LogP contribution in [0.25, 0.3) is 10.1 Å². The summed E-state index contributed by atoms with van der Waals surface area (Å²) in [5.74, 6) is -1.57. The molecule has 0 atom stereocenters. The van der Waals surface area contributed by atoms with Crippen molar-refractivity contribution in [3.63, 3.8) is 0 Å². The number of hydrogen-bond donors (Lipinski definition) is 1. The van der Waals surface area contributed by atoms with E-state index >= 15 is 0 Å². The van der Waals surface area contributed by atoms with E-state index < -0.39 is 11.8 Å². The monoisotopic (exact) mass is 322 g/mol. The van der Waals surface area contributed by atoms with E-state index in [-0.39, 0.29) is 5.56 Å². The van der Waals surface area contributed by atoms with Gasteiger partial charge in [0.15, 0.2) is 0 Å². The lowest BCUT2D eigenvalue weighted by Gasteiger charge is -2.00. The summed E-state index contributed by atoms with van der Waals surface area (Å²) in [4.78, 5) is 10.8. The molecule has 1 N–H and O–H groups in total. The molecule has 2 aromatic rings. The maximum Gasteiger partial charge on any atom is 0.336 e. The average Bonchev–Trinajstić information content (AvgIpc) is 2.59. The first-order valence-corrected chi connectivity index (χ1v) is 5.65. The number of carbonyl (C=O) groups is 1. The number of halogens is 2. The van der Waals surface area contributed by atoms with E-state index in [1.807, 2.05) is 22.6 Å². The molecule has 0 aliphatic carbocycles. The molecule has 1 aromatic carbocycles. The Morgan fingerprint density at radius 1 is 1.57 bits per heavy atom. The van der Waals surface area contributed by atoms with E-state index in [9.17, 15) is 9.18 Å². The molecule has 1 heterocycles. The van der Waals surface area contributed by atoms with E-state index in [4.69, 9.17) is 5.11 Å². The molecule has 14 heavy (non-hydrogen) atoms. The van der Waals surface area contributed by atoms with Crippen LogP contribution in [0.15, 0.2) is 17.5 Å². The highest BCUT2D eigenvalue weighted by Gasteiger charge is 2.15. The van der Waals surface area contributed by atoms with Gasteiger partial charge in [0.25, 0.3) is 0 Å². The molecule has 0 aliphatic rings. The fourth-order valence-corrected chi connectivity index (χ4v) is 2.92. The molecule has 5 heteroatoms. The van der Waals surface area contributed by atoms with Crippen LogP contribution in [0.5, 0.6) is 0 Å². The minimum absolute atomic E-state index is 0.0270. The number of hydrogen-bond acceptors (Lipinski definition) is 2. The van der Waals surface area contributed by atoms with Gasteiger partial charge in [0.2, 0.25) is 0 Å². The Morgan fingerprint density at radius 3 is 2.93 bits per heavy atom. The molecule has 2 rings (SSSR count). The predicted octanol–water partition coefficient (Wildman–Crippen LogP) is 3.34. The van der Waals surface area contributed by atoms with Gasteiger partial charge in [0.1, 0.15) is 5.82 Å². The molecule has 0 unspecified atom stereocenters. The fourth-order valence-electron chi connectivity index (χ4n) is 1.24. The highest BCUT2D eigenvalue weighted by Crippen LogP contribution is 2.31. The minimum Gasteiger partial charge on any atom is -0.478 e.